The van der Waals surface area contributed by atoms with E-state index in [4.69, 9.17) is 0 Å². The van der Waals surface area contributed by atoms with Crippen LogP contribution in [-0.2, 0) is 0 Å². The summed E-state index contributed by atoms with van der Waals surface area (Å²) < 4.78 is 13.4. The first-order chi connectivity index (χ1) is 8.10. The normalized spacial score (nSPS) is 10.1. The number of hydrogen-bond donors (Lipinski definition) is 0. The lowest BCUT2D eigenvalue weighted by Gasteiger charge is -2.20. The van der Waals surface area contributed by atoms with Gasteiger partial charge in [-0.15, -0.1) is 6.58 Å². The molecule has 17 heavy (non-hydrogen) atoms. The Morgan fingerprint density at radius 1 is 1.59 bits per heavy atom. The molecule has 92 valence electrons. The fraction of sp³-hybridized carbons (Fsp3) is 0.308. The van der Waals surface area contributed by atoms with Gasteiger partial charge in [0.05, 0.1) is 4.47 Å². The first-order valence-electron chi connectivity index (χ1n) is 5.45. The van der Waals surface area contributed by atoms with E-state index in [-0.39, 0.29) is 11.7 Å². The van der Waals surface area contributed by atoms with Crippen molar-refractivity contribution in [2.75, 3.05) is 13.1 Å². The highest BCUT2D eigenvalue weighted by Crippen LogP contribution is 2.18. The van der Waals surface area contributed by atoms with E-state index >= 15 is 0 Å². The van der Waals surface area contributed by atoms with Gasteiger partial charge in [0.1, 0.15) is 5.82 Å². The van der Waals surface area contributed by atoms with Crippen LogP contribution in [0.15, 0.2) is 35.3 Å². The average Bonchev–Trinajstić information content (AvgIpc) is 2.31. The summed E-state index contributed by atoms with van der Waals surface area (Å²) in [5.41, 5.74) is 0.480. The topological polar surface area (TPSA) is 20.3 Å². The SMILES string of the molecule is C=CCN(CCC)C(=O)c1ccc(F)c(Br)c1. The predicted molar refractivity (Wildman–Crippen MR) is 70.5 cm³/mol. The summed E-state index contributed by atoms with van der Waals surface area (Å²) in [6.07, 6.45) is 2.56. The highest BCUT2D eigenvalue weighted by Gasteiger charge is 2.14. The van der Waals surface area contributed by atoms with Crippen LogP contribution < -0.4 is 0 Å². The molecule has 0 aliphatic heterocycles. The Kier molecular flexibility index (Phi) is 5.35. The van der Waals surface area contributed by atoms with E-state index in [2.05, 4.69) is 22.5 Å². The molecule has 2 nitrogen and oxygen atoms in total. The number of amides is 1. The minimum atomic E-state index is -0.368. The Hall–Kier alpha value is -1.16. The van der Waals surface area contributed by atoms with E-state index in [1.807, 2.05) is 6.92 Å². The van der Waals surface area contributed by atoms with Crippen LogP contribution in [0.25, 0.3) is 0 Å². The van der Waals surface area contributed by atoms with Gasteiger partial charge in [-0.05, 0) is 40.5 Å². The summed E-state index contributed by atoms with van der Waals surface area (Å²) in [6, 6.07) is 4.28. The van der Waals surface area contributed by atoms with Gasteiger partial charge in [-0.3, -0.25) is 4.79 Å². The number of rotatable bonds is 5. The predicted octanol–water partition coefficient (Wildman–Crippen LogP) is 3.63. The summed E-state index contributed by atoms with van der Waals surface area (Å²) in [7, 11) is 0. The van der Waals surface area contributed by atoms with Gasteiger partial charge in [-0.25, -0.2) is 4.39 Å². The summed E-state index contributed by atoms with van der Waals surface area (Å²) >= 11 is 3.08. The Morgan fingerprint density at radius 3 is 2.82 bits per heavy atom. The number of nitrogens with zero attached hydrogens (tertiary/aromatic N) is 1. The largest absolute Gasteiger partial charge is 0.335 e. The van der Waals surface area contributed by atoms with E-state index in [1.165, 1.54) is 18.2 Å². The molecule has 0 spiro atoms. The standard InChI is InChI=1S/C13H15BrFNO/c1-3-7-16(8-4-2)13(17)10-5-6-12(15)11(14)9-10/h3,5-6,9H,1,4,7-8H2,2H3. The van der Waals surface area contributed by atoms with Gasteiger partial charge in [0.2, 0.25) is 0 Å². The molecule has 0 N–H and O–H groups in total. The fourth-order valence-electron chi connectivity index (χ4n) is 1.51. The van der Waals surface area contributed by atoms with Crippen LogP contribution in [0.2, 0.25) is 0 Å². The van der Waals surface area contributed by atoms with Gasteiger partial charge in [0.25, 0.3) is 5.91 Å². The average molecular weight is 300 g/mol. The van der Waals surface area contributed by atoms with Gasteiger partial charge in [0, 0.05) is 18.7 Å². The number of hydrogen-bond acceptors (Lipinski definition) is 1. The molecular weight excluding hydrogens is 285 g/mol. The van der Waals surface area contributed by atoms with Crippen LogP contribution in [-0.4, -0.2) is 23.9 Å². The fourth-order valence-corrected chi connectivity index (χ4v) is 1.89. The van der Waals surface area contributed by atoms with E-state index in [1.54, 1.807) is 11.0 Å². The molecular formula is C13H15BrFNO. The zero-order valence-electron chi connectivity index (χ0n) is 9.75. The summed E-state index contributed by atoms with van der Waals surface area (Å²) in [6.45, 7) is 6.80. The zero-order valence-corrected chi connectivity index (χ0v) is 11.3. The molecule has 0 atom stereocenters. The molecule has 0 heterocycles. The second kappa shape index (κ2) is 6.55. The van der Waals surface area contributed by atoms with Crippen molar-refractivity contribution >= 4 is 21.8 Å². The highest BCUT2D eigenvalue weighted by atomic mass is 79.9. The summed E-state index contributed by atoms with van der Waals surface area (Å²) in [5.74, 6) is -0.472. The molecule has 0 bridgehead atoms. The minimum absolute atomic E-state index is 0.104. The van der Waals surface area contributed by atoms with Crippen molar-refractivity contribution in [3.63, 3.8) is 0 Å². The van der Waals surface area contributed by atoms with Crippen LogP contribution in [0.3, 0.4) is 0 Å². The van der Waals surface area contributed by atoms with E-state index in [0.29, 0.717) is 23.1 Å². The molecule has 0 fully saturated rings. The van der Waals surface area contributed by atoms with E-state index in [9.17, 15) is 9.18 Å². The second-order valence-electron chi connectivity index (χ2n) is 3.67. The maximum Gasteiger partial charge on any atom is 0.254 e. The van der Waals surface area contributed by atoms with Crippen molar-refractivity contribution in [1.29, 1.82) is 0 Å². The van der Waals surface area contributed by atoms with Crippen LogP contribution in [0, 0.1) is 5.82 Å². The first-order valence-corrected chi connectivity index (χ1v) is 6.24. The lowest BCUT2D eigenvalue weighted by Crippen LogP contribution is -2.31. The van der Waals surface area contributed by atoms with Crippen LogP contribution >= 0.6 is 15.9 Å². The van der Waals surface area contributed by atoms with Crippen molar-refractivity contribution in [1.82, 2.24) is 4.90 Å². The molecule has 1 rings (SSSR count). The lowest BCUT2D eigenvalue weighted by molar-refractivity contribution is 0.0774. The molecule has 0 unspecified atom stereocenters. The van der Waals surface area contributed by atoms with Gasteiger partial charge in [-0.1, -0.05) is 13.0 Å². The van der Waals surface area contributed by atoms with E-state index in [0.717, 1.165) is 6.42 Å². The number of benzene rings is 1. The minimum Gasteiger partial charge on any atom is -0.335 e. The Labute approximate surface area is 109 Å². The van der Waals surface area contributed by atoms with Crippen molar-refractivity contribution in [2.24, 2.45) is 0 Å². The van der Waals surface area contributed by atoms with Crippen LogP contribution in [0.5, 0.6) is 0 Å². The van der Waals surface area contributed by atoms with Crippen molar-refractivity contribution in [2.45, 2.75) is 13.3 Å². The molecule has 0 radical (unpaired) electrons. The first kappa shape index (κ1) is 13.9. The lowest BCUT2D eigenvalue weighted by atomic mass is 10.2. The van der Waals surface area contributed by atoms with Gasteiger partial charge in [0.15, 0.2) is 0 Å². The molecule has 1 aromatic carbocycles. The third kappa shape index (κ3) is 3.66. The molecule has 1 amide bonds. The molecule has 0 aliphatic rings. The number of halogens is 2. The van der Waals surface area contributed by atoms with Crippen molar-refractivity contribution in [3.05, 3.63) is 46.7 Å². The Balaban J connectivity index is 2.92. The number of carbonyl (C=O) groups excluding carboxylic acids is 1. The molecule has 0 aromatic heterocycles. The van der Waals surface area contributed by atoms with Gasteiger partial charge in [-0.2, -0.15) is 0 Å². The summed E-state index contributed by atoms with van der Waals surface area (Å²) in [4.78, 5) is 13.8. The van der Waals surface area contributed by atoms with Crippen molar-refractivity contribution in [3.8, 4) is 0 Å². The van der Waals surface area contributed by atoms with Crippen molar-refractivity contribution < 1.29 is 9.18 Å². The third-order valence-corrected chi connectivity index (χ3v) is 2.90. The van der Waals surface area contributed by atoms with Crippen LogP contribution in [0.4, 0.5) is 4.39 Å². The second-order valence-corrected chi connectivity index (χ2v) is 4.52. The molecule has 4 heteroatoms. The van der Waals surface area contributed by atoms with E-state index < -0.39 is 0 Å². The van der Waals surface area contributed by atoms with Crippen LogP contribution in [0.1, 0.15) is 23.7 Å². The smallest absolute Gasteiger partial charge is 0.254 e. The highest BCUT2D eigenvalue weighted by molar-refractivity contribution is 9.10. The molecule has 0 saturated heterocycles. The maximum atomic E-state index is 13.1. The Morgan fingerprint density at radius 2 is 2.29 bits per heavy atom. The molecule has 0 aliphatic carbocycles. The summed E-state index contributed by atoms with van der Waals surface area (Å²) in [5, 5.41) is 0. The zero-order chi connectivity index (χ0) is 12.8. The van der Waals surface area contributed by atoms with Gasteiger partial charge < -0.3 is 4.90 Å². The van der Waals surface area contributed by atoms with Gasteiger partial charge >= 0.3 is 0 Å². The maximum absolute atomic E-state index is 13.1. The quantitative estimate of drug-likeness (QED) is 0.760. The Bertz CT molecular complexity index is 420. The molecule has 1 aromatic rings. The number of carbonyl (C=O) groups is 1. The third-order valence-electron chi connectivity index (χ3n) is 2.30. The monoisotopic (exact) mass is 299 g/mol. The molecule has 0 saturated carbocycles.